The second-order valence-corrected chi connectivity index (χ2v) is 5.27. The van der Waals surface area contributed by atoms with Crippen LogP contribution in [0.5, 0.6) is 0 Å². The van der Waals surface area contributed by atoms with Gasteiger partial charge in [-0.15, -0.1) is 0 Å². The average Bonchev–Trinajstić information content (AvgIpc) is 2.71. The van der Waals surface area contributed by atoms with Crippen molar-refractivity contribution in [2.24, 2.45) is 5.92 Å². The van der Waals surface area contributed by atoms with Gasteiger partial charge in [0.25, 0.3) is 0 Å². The summed E-state index contributed by atoms with van der Waals surface area (Å²) in [6.45, 7) is 2.63. The first-order valence-electron chi connectivity index (χ1n) is 5.61. The van der Waals surface area contributed by atoms with Gasteiger partial charge in [0, 0.05) is 31.7 Å². The fourth-order valence-corrected chi connectivity index (χ4v) is 2.35. The van der Waals surface area contributed by atoms with Gasteiger partial charge >= 0.3 is 0 Å². The topological polar surface area (TPSA) is 46.8 Å². The summed E-state index contributed by atoms with van der Waals surface area (Å²) in [6, 6.07) is 0. The summed E-state index contributed by atoms with van der Waals surface area (Å²) in [5.74, 6) is 0.719. The molecule has 1 aliphatic rings. The van der Waals surface area contributed by atoms with E-state index in [0.29, 0.717) is 11.9 Å². The first-order chi connectivity index (χ1) is 8.70. The lowest BCUT2D eigenvalue weighted by Crippen LogP contribution is -2.49. The minimum absolute atomic E-state index is 0.405. The first kappa shape index (κ1) is 11.6. The van der Waals surface area contributed by atoms with Crippen LogP contribution in [-0.4, -0.2) is 32.8 Å². The molecule has 0 bridgehead atoms. The molecule has 0 saturated carbocycles. The molecule has 1 aliphatic heterocycles. The van der Waals surface area contributed by atoms with Crippen molar-refractivity contribution in [3.05, 3.63) is 35.1 Å². The van der Waals surface area contributed by atoms with E-state index in [2.05, 4.69) is 31.0 Å². The number of aromatic nitrogens is 4. The Hall–Kier alpha value is -1.50. The molecule has 2 aromatic heterocycles. The predicted molar refractivity (Wildman–Crippen MR) is 67.6 cm³/mol. The highest BCUT2D eigenvalue weighted by Gasteiger charge is 2.29. The molecule has 0 unspecified atom stereocenters. The Morgan fingerprint density at radius 1 is 1.28 bits per heavy atom. The lowest BCUT2D eigenvalue weighted by Gasteiger charge is -2.39. The Labute approximate surface area is 112 Å². The zero-order chi connectivity index (χ0) is 12.5. The second-order valence-electron chi connectivity index (χ2n) is 4.35. The van der Waals surface area contributed by atoms with Gasteiger partial charge < -0.3 is 4.90 Å². The highest BCUT2D eigenvalue weighted by Crippen LogP contribution is 2.22. The fourth-order valence-electron chi connectivity index (χ4n) is 2.02. The Morgan fingerprint density at radius 3 is 2.61 bits per heavy atom. The largest absolute Gasteiger partial charge is 0.340 e. The van der Waals surface area contributed by atoms with Gasteiger partial charge in [0.15, 0.2) is 5.82 Å². The first-order valence-corrected chi connectivity index (χ1v) is 6.40. The van der Waals surface area contributed by atoms with Gasteiger partial charge in [-0.1, -0.05) is 0 Å². The molecule has 18 heavy (non-hydrogen) atoms. The summed E-state index contributed by atoms with van der Waals surface area (Å²) in [7, 11) is 0. The smallest absolute Gasteiger partial charge is 0.225 e. The van der Waals surface area contributed by atoms with Crippen LogP contribution < -0.4 is 4.90 Å². The van der Waals surface area contributed by atoms with Gasteiger partial charge in [-0.2, -0.15) is 5.10 Å². The summed E-state index contributed by atoms with van der Waals surface area (Å²) in [4.78, 5) is 9.94. The minimum atomic E-state index is -0.405. The number of nitrogens with zero attached hydrogens (tertiary/aromatic N) is 5. The lowest BCUT2D eigenvalue weighted by molar-refractivity contribution is 0.338. The van der Waals surface area contributed by atoms with Crippen molar-refractivity contribution in [2.45, 2.75) is 6.54 Å². The van der Waals surface area contributed by atoms with Gasteiger partial charge in [0.05, 0.1) is 23.1 Å². The highest BCUT2D eigenvalue weighted by atomic mass is 79.9. The molecular weight excluding hydrogens is 301 g/mol. The van der Waals surface area contributed by atoms with E-state index in [9.17, 15) is 4.39 Å². The summed E-state index contributed by atoms with van der Waals surface area (Å²) < 4.78 is 15.6. The quantitative estimate of drug-likeness (QED) is 0.866. The van der Waals surface area contributed by atoms with E-state index >= 15 is 0 Å². The molecular formula is C11H11BrFN5. The Balaban J connectivity index is 1.55. The maximum absolute atomic E-state index is 12.7. The third-order valence-electron chi connectivity index (χ3n) is 2.89. The summed E-state index contributed by atoms with van der Waals surface area (Å²) in [6.07, 6.45) is 6.12. The number of rotatable bonds is 3. The molecule has 1 fully saturated rings. The van der Waals surface area contributed by atoms with Gasteiger partial charge in [-0.3, -0.25) is 4.68 Å². The van der Waals surface area contributed by atoms with Crippen molar-refractivity contribution in [3.8, 4) is 0 Å². The number of anilines is 1. The summed E-state index contributed by atoms with van der Waals surface area (Å²) >= 11 is 3.37. The van der Waals surface area contributed by atoms with Crippen LogP contribution in [-0.2, 0) is 6.54 Å². The molecule has 5 nitrogen and oxygen atoms in total. The third-order valence-corrected chi connectivity index (χ3v) is 3.30. The van der Waals surface area contributed by atoms with Gasteiger partial charge in [-0.25, -0.2) is 14.4 Å². The van der Waals surface area contributed by atoms with E-state index < -0.39 is 5.82 Å². The normalized spacial score (nSPS) is 15.8. The maximum Gasteiger partial charge on any atom is 0.225 e. The van der Waals surface area contributed by atoms with E-state index in [4.69, 9.17) is 0 Å². The van der Waals surface area contributed by atoms with E-state index in [-0.39, 0.29) is 0 Å². The van der Waals surface area contributed by atoms with Crippen molar-refractivity contribution in [3.63, 3.8) is 0 Å². The minimum Gasteiger partial charge on any atom is -0.340 e. The molecule has 3 heterocycles. The third kappa shape index (κ3) is 2.35. The maximum atomic E-state index is 12.7. The SMILES string of the molecule is Fc1cnc(N2CC(Cn3cc(Br)cn3)C2)nc1. The molecule has 0 amide bonds. The molecule has 7 heteroatoms. The average molecular weight is 312 g/mol. The number of hydrogen-bond acceptors (Lipinski definition) is 4. The molecule has 0 N–H and O–H groups in total. The highest BCUT2D eigenvalue weighted by molar-refractivity contribution is 9.10. The fraction of sp³-hybridized carbons (Fsp3) is 0.364. The predicted octanol–water partition coefficient (Wildman–Crippen LogP) is 1.71. The van der Waals surface area contributed by atoms with Crippen LogP contribution in [0.15, 0.2) is 29.3 Å². The number of hydrogen-bond donors (Lipinski definition) is 0. The molecule has 94 valence electrons. The molecule has 0 radical (unpaired) electrons. The molecule has 0 aliphatic carbocycles. The van der Waals surface area contributed by atoms with Crippen molar-refractivity contribution in [1.82, 2.24) is 19.7 Å². The van der Waals surface area contributed by atoms with E-state index in [1.807, 2.05) is 15.8 Å². The molecule has 3 rings (SSSR count). The van der Waals surface area contributed by atoms with Crippen LogP contribution in [0.2, 0.25) is 0 Å². The standard InChI is InChI=1S/C11H11BrFN5/c12-9-1-16-18(7-9)6-8-4-17(5-8)11-14-2-10(13)3-15-11/h1-3,7-8H,4-6H2. The van der Waals surface area contributed by atoms with Crippen LogP contribution >= 0.6 is 15.9 Å². The monoisotopic (exact) mass is 311 g/mol. The van der Waals surface area contributed by atoms with Crippen molar-refractivity contribution in [2.75, 3.05) is 18.0 Å². The van der Waals surface area contributed by atoms with Crippen LogP contribution in [0.3, 0.4) is 0 Å². The van der Waals surface area contributed by atoms with Gasteiger partial charge in [-0.05, 0) is 15.9 Å². The summed E-state index contributed by atoms with van der Waals surface area (Å²) in [5.41, 5.74) is 0. The zero-order valence-corrected chi connectivity index (χ0v) is 11.1. The van der Waals surface area contributed by atoms with Gasteiger partial charge in [0.1, 0.15) is 0 Å². The molecule has 1 saturated heterocycles. The van der Waals surface area contributed by atoms with Crippen molar-refractivity contribution < 1.29 is 4.39 Å². The van der Waals surface area contributed by atoms with Crippen LogP contribution in [0.4, 0.5) is 10.3 Å². The second kappa shape index (κ2) is 4.64. The van der Waals surface area contributed by atoms with Crippen LogP contribution in [0, 0.1) is 11.7 Å². The zero-order valence-electron chi connectivity index (χ0n) is 9.50. The molecule has 0 atom stereocenters. The Bertz CT molecular complexity index is 535. The van der Waals surface area contributed by atoms with Crippen molar-refractivity contribution in [1.29, 1.82) is 0 Å². The summed E-state index contributed by atoms with van der Waals surface area (Å²) in [5, 5.41) is 4.22. The van der Waals surface area contributed by atoms with Crippen molar-refractivity contribution >= 4 is 21.9 Å². The Morgan fingerprint density at radius 2 is 2.00 bits per heavy atom. The molecule has 0 spiro atoms. The number of halogens is 2. The van der Waals surface area contributed by atoms with Crippen LogP contribution in [0.25, 0.3) is 0 Å². The van der Waals surface area contributed by atoms with Gasteiger partial charge in [0.2, 0.25) is 5.95 Å². The Kier molecular flexibility index (Phi) is 2.99. The van der Waals surface area contributed by atoms with Crippen LogP contribution in [0.1, 0.15) is 0 Å². The molecule has 2 aromatic rings. The molecule has 0 aromatic carbocycles. The van der Waals surface area contributed by atoms with E-state index in [1.54, 1.807) is 6.20 Å². The van der Waals surface area contributed by atoms with E-state index in [0.717, 1.165) is 24.1 Å². The lowest BCUT2D eigenvalue weighted by atomic mass is 10.0. The van der Waals surface area contributed by atoms with E-state index in [1.165, 1.54) is 12.4 Å².